The van der Waals surface area contributed by atoms with Gasteiger partial charge in [0.25, 0.3) is 0 Å². The van der Waals surface area contributed by atoms with E-state index in [4.69, 9.17) is 0 Å². The van der Waals surface area contributed by atoms with Gasteiger partial charge in [-0.15, -0.1) is 0 Å². The maximum absolute atomic E-state index is 12.3. The predicted molar refractivity (Wildman–Crippen MR) is 71.7 cm³/mol. The molecule has 0 fully saturated rings. The average molecular weight is 298 g/mol. The highest BCUT2D eigenvalue weighted by molar-refractivity contribution is 5.78. The summed E-state index contributed by atoms with van der Waals surface area (Å²) in [6.45, 7) is 6.47. The van der Waals surface area contributed by atoms with E-state index in [2.05, 4.69) is 5.32 Å². The molecule has 0 aromatic heterocycles. The number of hydrogen-bond acceptors (Lipinski definition) is 3. The molecule has 0 radical (unpaired) electrons. The lowest BCUT2D eigenvalue weighted by Gasteiger charge is -2.30. The second kappa shape index (κ2) is 7.83. The molecule has 120 valence electrons. The molecule has 4 nitrogen and oxygen atoms in total. The molecule has 2 N–H and O–H groups in total. The summed E-state index contributed by atoms with van der Waals surface area (Å²) in [5.74, 6) is -0.981. The van der Waals surface area contributed by atoms with E-state index in [9.17, 15) is 23.1 Å². The van der Waals surface area contributed by atoms with Crippen LogP contribution in [0.4, 0.5) is 13.2 Å². The number of carbonyl (C=O) groups is 1. The van der Waals surface area contributed by atoms with Crippen LogP contribution in [0.25, 0.3) is 0 Å². The molecule has 0 saturated heterocycles. The summed E-state index contributed by atoms with van der Waals surface area (Å²) in [5, 5.41) is 12.2. The van der Waals surface area contributed by atoms with Gasteiger partial charge in [-0.2, -0.15) is 13.2 Å². The highest BCUT2D eigenvalue weighted by atomic mass is 19.4. The zero-order valence-corrected chi connectivity index (χ0v) is 12.5. The van der Waals surface area contributed by atoms with Gasteiger partial charge in [0.1, 0.15) is 5.54 Å². The second-order valence-electron chi connectivity index (χ2n) is 5.52. The monoisotopic (exact) mass is 298 g/mol. The number of nitrogens with zero attached hydrogens (tertiary/aromatic N) is 1. The van der Waals surface area contributed by atoms with Gasteiger partial charge in [-0.1, -0.05) is 6.92 Å². The third kappa shape index (κ3) is 7.69. The Morgan fingerprint density at radius 2 is 1.90 bits per heavy atom. The topological polar surface area (TPSA) is 52.6 Å². The summed E-state index contributed by atoms with van der Waals surface area (Å²) in [7, 11) is 0. The van der Waals surface area contributed by atoms with Crippen LogP contribution in [-0.4, -0.2) is 53.4 Å². The maximum atomic E-state index is 12.3. The molecule has 0 spiro atoms. The first-order valence-electron chi connectivity index (χ1n) is 6.80. The van der Waals surface area contributed by atoms with E-state index >= 15 is 0 Å². The van der Waals surface area contributed by atoms with E-state index in [1.54, 1.807) is 13.8 Å². The Labute approximate surface area is 118 Å². The number of halogens is 3. The van der Waals surface area contributed by atoms with E-state index in [0.29, 0.717) is 13.0 Å². The van der Waals surface area contributed by atoms with Gasteiger partial charge in [-0.25, -0.2) is 0 Å². The van der Waals surface area contributed by atoms with E-state index in [1.165, 1.54) is 4.90 Å². The van der Waals surface area contributed by atoms with Crippen molar-refractivity contribution in [2.24, 2.45) is 0 Å². The number of nitrogens with one attached hydrogen (secondary N) is 1. The van der Waals surface area contributed by atoms with Crippen LogP contribution < -0.4 is 5.32 Å². The van der Waals surface area contributed by atoms with Crippen LogP contribution >= 0.6 is 0 Å². The fourth-order valence-electron chi connectivity index (χ4n) is 2.14. The molecular formula is C13H25F3N2O2. The number of aliphatic carboxylic acids is 1. The van der Waals surface area contributed by atoms with Crippen molar-refractivity contribution in [3.05, 3.63) is 0 Å². The van der Waals surface area contributed by atoms with E-state index in [-0.39, 0.29) is 19.0 Å². The van der Waals surface area contributed by atoms with E-state index < -0.39 is 24.2 Å². The van der Waals surface area contributed by atoms with Crippen LogP contribution in [0, 0.1) is 0 Å². The van der Waals surface area contributed by atoms with Crippen LogP contribution in [0.15, 0.2) is 0 Å². The van der Waals surface area contributed by atoms with Crippen LogP contribution in [-0.2, 0) is 4.79 Å². The molecule has 0 aromatic carbocycles. The molecule has 0 saturated carbocycles. The lowest BCUT2D eigenvalue weighted by Crippen LogP contribution is -2.52. The van der Waals surface area contributed by atoms with Crippen LogP contribution in [0.5, 0.6) is 0 Å². The number of carboxylic acids is 1. The normalized spacial score (nSPS) is 15.7. The van der Waals surface area contributed by atoms with Gasteiger partial charge < -0.3 is 5.11 Å². The molecule has 1 atom stereocenters. The Balaban J connectivity index is 4.39. The first kappa shape index (κ1) is 19.2. The highest BCUT2D eigenvalue weighted by Gasteiger charge is 2.34. The smallest absolute Gasteiger partial charge is 0.401 e. The average Bonchev–Trinajstić information content (AvgIpc) is 2.24. The lowest BCUT2D eigenvalue weighted by molar-refractivity contribution is -0.148. The SMILES string of the molecule is CCN(CCCC(C)(NC(C)C)C(=O)O)CC(F)(F)F. The molecule has 7 heteroatoms. The predicted octanol–water partition coefficient (Wildman–Crippen LogP) is 2.49. The number of alkyl halides is 3. The minimum atomic E-state index is -4.22. The maximum Gasteiger partial charge on any atom is 0.401 e. The Morgan fingerprint density at radius 1 is 1.35 bits per heavy atom. The van der Waals surface area contributed by atoms with Gasteiger partial charge in [-0.3, -0.25) is 15.0 Å². The second-order valence-corrected chi connectivity index (χ2v) is 5.52. The molecule has 0 amide bonds. The van der Waals surface area contributed by atoms with Crippen molar-refractivity contribution in [1.29, 1.82) is 0 Å². The molecular weight excluding hydrogens is 273 g/mol. The lowest BCUT2D eigenvalue weighted by atomic mass is 9.94. The Bertz CT molecular complexity index is 308. The number of rotatable bonds is 9. The van der Waals surface area contributed by atoms with Crippen molar-refractivity contribution >= 4 is 5.97 Å². The fraction of sp³-hybridized carbons (Fsp3) is 0.923. The van der Waals surface area contributed by atoms with E-state index in [1.807, 2.05) is 13.8 Å². The van der Waals surface area contributed by atoms with Crippen molar-refractivity contribution < 1.29 is 23.1 Å². The molecule has 0 aliphatic carbocycles. The number of carboxylic acid groups (broad SMARTS) is 1. The molecule has 0 heterocycles. The van der Waals surface area contributed by atoms with Gasteiger partial charge in [0.05, 0.1) is 6.54 Å². The van der Waals surface area contributed by atoms with Crippen molar-refractivity contribution in [1.82, 2.24) is 10.2 Å². The molecule has 0 bridgehead atoms. The molecule has 20 heavy (non-hydrogen) atoms. The Morgan fingerprint density at radius 3 is 2.25 bits per heavy atom. The van der Waals surface area contributed by atoms with Crippen LogP contribution in [0.1, 0.15) is 40.5 Å². The summed E-state index contributed by atoms with van der Waals surface area (Å²) >= 11 is 0. The fourth-order valence-corrected chi connectivity index (χ4v) is 2.14. The van der Waals surface area contributed by atoms with Gasteiger partial charge in [0.15, 0.2) is 0 Å². The van der Waals surface area contributed by atoms with Gasteiger partial charge in [0, 0.05) is 6.04 Å². The third-order valence-electron chi connectivity index (χ3n) is 3.08. The standard InChI is InChI=1S/C13H25F3N2O2/c1-5-18(9-13(14,15)16)8-6-7-12(4,11(19)20)17-10(2)3/h10,17H,5-9H2,1-4H3,(H,19,20). The summed E-state index contributed by atoms with van der Waals surface area (Å²) in [6.07, 6.45) is -3.54. The van der Waals surface area contributed by atoms with E-state index in [0.717, 1.165) is 0 Å². The molecule has 0 aliphatic heterocycles. The largest absolute Gasteiger partial charge is 0.480 e. The van der Waals surface area contributed by atoms with Crippen LogP contribution in [0.3, 0.4) is 0 Å². The highest BCUT2D eigenvalue weighted by Crippen LogP contribution is 2.18. The van der Waals surface area contributed by atoms with Crippen molar-refractivity contribution in [3.8, 4) is 0 Å². The molecule has 0 rings (SSSR count). The molecule has 1 unspecified atom stereocenters. The minimum absolute atomic E-state index is 0.00597. The zero-order chi connectivity index (χ0) is 16.0. The van der Waals surface area contributed by atoms with Gasteiger partial charge >= 0.3 is 12.1 Å². The van der Waals surface area contributed by atoms with Gasteiger partial charge in [-0.05, 0) is 46.7 Å². The summed E-state index contributed by atoms with van der Waals surface area (Å²) in [4.78, 5) is 12.6. The Kier molecular flexibility index (Phi) is 7.51. The summed E-state index contributed by atoms with van der Waals surface area (Å²) in [5.41, 5.74) is -1.11. The quantitative estimate of drug-likeness (QED) is 0.687. The van der Waals surface area contributed by atoms with Gasteiger partial charge in [0.2, 0.25) is 0 Å². The third-order valence-corrected chi connectivity index (χ3v) is 3.08. The minimum Gasteiger partial charge on any atom is -0.480 e. The van der Waals surface area contributed by atoms with Crippen molar-refractivity contribution in [2.45, 2.75) is 58.3 Å². The summed E-state index contributed by atoms with van der Waals surface area (Å²) in [6, 6.07) is -0.00597. The summed E-state index contributed by atoms with van der Waals surface area (Å²) < 4.78 is 36.9. The van der Waals surface area contributed by atoms with Crippen molar-refractivity contribution in [2.75, 3.05) is 19.6 Å². The molecule has 0 aromatic rings. The first-order valence-corrected chi connectivity index (χ1v) is 6.80. The van der Waals surface area contributed by atoms with Crippen LogP contribution in [0.2, 0.25) is 0 Å². The number of hydrogen-bond donors (Lipinski definition) is 2. The Hall–Kier alpha value is -0.820. The zero-order valence-electron chi connectivity index (χ0n) is 12.5. The first-order chi connectivity index (χ1) is 9.00. The van der Waals surface area contributed by atoms with Crippen molar-refractivity contribution in [3.63, 3.8) is 0 Å². The molecule has 0 aliphatic rings.